The Labute approximate surface area is 166 Å². The van der Waals surface area contributed by atoms with Crippen molar-refractivity contribution in [3.63, 3.8) is 0 Å². The fourth-order valence-corrected chi connectivity index (χ4v) is 3.58. The van der Waals surface area contributed by atoms with Gasteiger partial charge < -0.3 is 4.90 Å². The van der Waals surface area contributed by atoms with Crippen molar-refractivity contribution in [3.05, 3.63) is 56.9 Å². The largest absolute Gasteiger partial charge is 0.302 e. The first-order valence-electron chi connectivity index (χ1n) is 10.0. The lowest BCUT2D eigenvalue weighted by Gasteiger charge is -2.32. The zero-order valence-electron chi connectivity index (χ0n) is 17.4. The SMILES string of the molecule is Cc1cc(=O)n(CCN2CCC(Cn3cnc(C(C)(C)C)cc3=O)CC2)cn1. The number of nitrogens with zero attached hydrogens (tertiary/aromatic N) is 5. The van der Waals surface area contributed by atoms with Crippen molar-refractivity contribution in [2.24, 2.45) is 5.92 Å². The Morgan fingerprint density at radius 3 is 2.21 bits per heavy atom. The molecule has 0 aliphatic carbocycles. The fraction of sp³-hybridized carbons (Fsp3) is 0.619. The van der Waals surface area contributed by atoms with E-state index in [4.69, 9.17) is 0 Å². The minimum absolute atomic E-state index is 0.00737. The summed E-state index contributed by atoms with van der Waals surface area (Å²) < 4.78 is 3.41. The van der Waals surface area contributed by atoms with E-state index in [9.17, 15) is 9.59 Å². The minimum atomic E-state index is -0.113. The van der Waals surface area contributed by atoms with E-state index in [2.05, 4.69) is 35.6 Å². The summed E-state index contributed by atoms with van der Waals surface area (Å²) >= 11 is 0. The lowest BCUT2D eigenvalue weighted by Crippen LogP contribution is -2.39. The normalized spacial score (nSPS) is 16.4. The van der Waals surface area contributed by atoms with Gasteiger partial charge in [0.25, 0.3) is 11.1 Å². The van der Waals surface area contributed by atoms with Crippen LogP contribution in [0.15, 0.2) is 34.4 Å². The van der Waals surface area contributed by atoms with Crippen LogP contribution < -0.4 is 11.1 Å². The van der Waals surface area contributed by atoms with Gasteiger partial charge in [-0.2, -0.15) is 0 Å². The predicted molar refractivity (Wildman–Crippen MR) is 110 cm³/mol. The van der Waals surface area contributed by atoms with Gasteiger partial charge in [-0.15, -0.1) is 0 Å². The number of hydrogen-bond acceptors (Lipinski definition) is 5. The standard InChI is InChI=1S/C21H31N5O2/c1-16-11-19(27)25(14-22-16)10-9-24-7-5-17(6-8-24)13-26-15-23-18(12-20(26)28)21(2,3)4/h11-12,14-15,17H,5-10,13H2,1-4H3. The Morgan fingerprint density at radius 1 is 0.964 bits per heavy atom. The molecule has 7 heteroatoms. The van der Waals surface area contributed by atoms with Crippen LogP contribution in [0.3, 0.4) is 0 Å². The Kier molecular flexibility index (Phi) is 6.13. The van der Waals surface area contributed by atoms with Gasteiger partial charge in [0, 0.05) is 42.9 Å². The maximum atomic E-state index is 12.4. The van der Waals surface area contributed by atoms with Gasteiger partial charge in [0.05, 0.1) is 18.3 Å². The molecule has 3 rings (SSSR count). The minimum Gasteiger partial charge on any atom is -0.302 e. The molecule has 0 amide bonds. The van der Waals surface area contributed by atoms with Crippen LogP contribution in [0, 0.1) is 12.8 Å². The predicted octanol–water partition coefficient (Wildman–Crippen LogP) is 1.82. The van der Waals surface area contributed by atoms with Gasteiger partial charge in [0.2, 0.25) is 0 Å². The molecule has 1 aliphatic rings. The van der Waals surface area contributed by atoms with E-state index < -0.39 is 0 Å². The first-order chi connectivity index (χ1) is 13.2. The van der Waals surface area contributed by atoms with Gasteiger partial charge in [-0.3, -0.25) is 18.7 Å². The van der Waals surface area contributed by atoms with Gasteiger partial charge in [0.1, 0.15) is 0 Å². The number of aromatic nitrogens is 4. The molecule has 0 aromatic carbocycles. The molecule has 0 unspecified atom stereocenters. The number of hydrogen-bond donors (Lipinski definition) is 0. The molecule has 28 heavy (non-hydrogen) atoms. The summed E-state index contributed by atoms with van der Waals surface area (Å²) in [4.78, 5) is 35.4. The molecule has 0 saturated carbocycles. The summed E-state index contributed by atoms with van der Waals surface area (Å²) in [5.41, 5.74) is 1.52. The van der Waals surface area contributed by atoms with Crippen molar-refractivity contribution in [3.8, 4) is 0 Å². The zero-order chi connectivity index (χ0) is 20.3. The summed E-state index contributed by atoms with van der Waals surface area (Å²) in [6.07, 6.45) is 5.43. The quantitative estimate of drug-likeness (QED) is 0.785. The maximum Gasteiger partial charge on any atom is 0.253 e. The van der Waals surface area contributed by atoms with E-state index in [1.807, 2.05) is 6.92 Å². The van der Waals surface area contributed by atoms with Gasteiger partial charge in [-0.25, -0.2) is 9.97 Å². The maximum absolute atomic E-state index is 12.4. The van der Waals surface area contributed by atoms with Gasteiger partial charge in [-0.1, -0.05) is 20.8 Å². The summed E-state index contributed by atoms with van der Waals surface area (Å²) in [5.74, 6) is 0.486. The monoisotopic (exact) mass is 385 g/mol. The van der Waals surface area contributed by atoms with Crippen molar-refractivity contribution in [1.29, 1.82) is 0 Å². The molecular formula is C21H31N5O2. The van der Waals surface area contributed by atoms with Crippen LogP contribution in [0.25, 0.3) is 0 Å². The highest BCUT2D eigenvalue weighted by atomic mass is 16.1. The Bertz CT molecular complexity index is 917. The Hall–Kier alpha value is -2.28. The average molecular weight is 386 g/mol. The lowest BCUT2D eigenvalue weighted by molar-refractivity contribution is 0.167. The third-order valence-corrected chi connectivity index (χ3v) is 5.48. The summed E-state index contributed by atoms with van der Waals surface area (Å²) in [6.45, 7) is 12.2. The highest BCUT2D eigenvalue weighted by Gasteiger charge is 2.21. The first kappa shape index (κ1) is 20.5. The van der Waals surface area contributed by atoms with E-state index in [0.717, 1.165) is 50.4 Å². The number of piperidine rings is 1. The Balaban J connectivity index is 1.50. The van der Waals surface area contributed by atoms with Crippen LogP contribution in [-0.4, -0.2) is 43.6 Å². The number of aryl methyl sites for hydroxylation is 1. The molecule has 0 atom stereocenters. The van der Waals surface area contributed by atoms with E-state index in [0.29, 0.717) is 12.5 Å². The van der Waals surface area contributed by atoms with Crippen molar-refractivity contribution < 1.29 is 0 Å². The second-order valence-electron chi connectivity index (χ2n) is 8.86. The molecule has 0 N–H and O–H groups in total. The topological polar surface area (TPSA) is 73.0 Å². The molecule has 3 heterocycles. The molecule has 2 aromatic rings. The van der Waals surface area contributed by atoms with Crippen LogP contribution in [0.5, 0.6) is 0 Å². The van der Waals surface area contributed by atoms with Gasteiger partial charge in [-0.05, 0) is 38.8 Å². The van der Waals surface area contributed by atoms with Crippen LogP contribution in [0.4, 0.5) is 0 Å². The molecule has 1 aliphatic heterocycles. The third-order valence-electron chi connectivity index (χ3n) is 5.48. The van der Waals surface area contributed by atoms with Crippen LogP contribution >= 0.6 is 0 Å². The average Bonchev–Trinajstić information content (AvgIpc) is 2.63. The lowest BCUT2D eigenvalue weighted by atomic mass is 9.92. The molecule has 0 radical (unpaired) electrons. The van der Waals surface area contributed by atoms with Crippen molar-refractivity contribution in [2.45, 2.75) is 59.0 Å². The number of likely N-dealkylation sites (tertiary alicyclic amines) is 1. The van der Waals surface area contributed by atoms with Gasteiger partial charge in [0.15, 0.2) is 0 Å². The molecular weight excluding hydrogens is 354 g/mol. The van der Waals surface area contributed by atoms with Crippen LogP contribution in [0.2, 0.25) is 0 Å². The van der Waals surface area contributed by atoms with Crippen LogP contribution in [-0.2, 0) is 18.5 Å². The third kappa shape index (κ3) is 5.16. The van der Waals surface area contributed by atoms with E-state index in [-0.39, 0.29) is 16.5 Å². The van der Waals surface area contributed by atoms with Gasteiger partial charge >= 0.3 is 0 Å². The van der Waals surface area contributed by atoms with E-state index in [1.165, 1.54) is 0 Å². The molecule has 0 bridgehead atoms. The zero-order valence-corrected chi connectivity index (χ0v) is 17.4. The van der Waals surface area contributed by atoms with Crippen LogP contribution in [0.1, 0.15) is 45.0 Å². The van der Waals surface area contributed by atoms with E-state index in [1.54, 1.807) is 33.9 Å². The van der Waals surface area contributed by atoms with Crippen molar-refractivity contribution >= 4 is 0 Å². The first-order valence-corrected chi connectivity index (χ1v) is 10.0. The molecule has 1 fully saturated rings. The summed E-state index contributed by atoms with van der Waals surface area (Å²) in [5, 5.41) is 0. The second kappa shape index (κ2) is 8.39. The Morgan fingerprint density at radius 2 is 1.61 bits per heavy atom. The number of rotatable bonds is 5. The second-order valence-corrected chi connectivity index (χ2v) is 8.86. The highest BCUT2D eigenvalue weighted by Crippen LogP contribution is 2.20. The molecule has 2 aromatic heterocycles. The molecule has 152 valence electrons. The van der Waals surface area contributed by atoms with Crippen molar-refractivity contribution in [1.82, 2.24) is 24.0 Å². The summed E-state index contributed by atoms with van der Waals surface area (Å²) in [6, 6.07) is 3.24. The van der Waals surface area contributed by atoms with Crippen molar-refractivity contribution in [2.75, 3.05) is 19.6 Å². The summed E-state index contributed by atoms with van der Waals surface area (Å²) in [7, 11) is 0. The molecule has 0 spiro atoms. The highest BCUT2D eigenvalue weighted by molar-refractivity contribution is 5.10. The fourth-order valence-electron chi connectivity index (χ4n) is 3.58. The smallest absolute Gasteiger partial charge is 0.253 e. The van der Waals surface area contributed by atoms with E-state index >= 15 is 0 Å². The molecule has 7 nitrogen and oxygen atoms in total. The molecule has 1 saturated heterocycles.